The van der Waals surface area contributed by atoms with Crippen molar-refractivity contribution < 1.29 is 0 Å². The summed E-state index contributed by atoms with van der Waals surface area (Å²) in [5, 5.41) is 4.99. The van der Waals surface area contributed by atoms with Gasteiger partial charge in [0, 0.05) is 31.1 Å². The molecule has 2 nitrogen and oxygen atoms in total. The normalized spacial score (nSPS) is 24.0. The fourth-order valence-corrected chi connectivity index (χ4v) is 2.71. The van der Waals surface area contributed by atoms with Gasteiger partial charge in [0.25, 0.3) is 0 Å². The SMILES string of the molecule is NC1CCN(Cc2cscc2Cl)C1. The van der Waals surface area contributed by atoms with Crippen LogP contribution in [0.25, 0.3) is 0 Å². The Hall–Kier alpha value is -0.0900. The standard InChI is InChI=1S/C9H13ClN2S/c10-9-6-13-5-7(9)3-12-2-1-8(11)4-12/h5-6,8H,1-4,11H2. The maximum Gasteiger partial charge on any atom is 0.0557 e. The van der Waals surface area contributed by atoms with E-state index in [2.05, 4.69) is 10.3 Å². The number of likely N-dealkylation sites (tertiary alicyclic amines) is 1. The van der Waals surface area contributed by atoms with Crippen molar-refractivity contribution in [2.45, 2.75) is 19.0 Å². The van der Waals surface area contributed by atoms with E-state index in [4.69, 9.17) is 17.3 Å². The highest BCUT2D eigenvalue weighted by atomic mass is 35.5. The van der Waals surface area contributed by atoms with Crippen molar-refractivity contribution in [3.05, 3.63) is 21.3 Å². The molecule has 1 saturated heterocycles. The summed E-state index contributed by atoms with van der Waals surface area (Å²) in [7, 11) is 0. The monoisotopic (exact) mass is 216 g/mol. The van der Waals surface area contributed by atoms with Crippen LogP contribution in [0, 0.1) is 0 Å². The van der Waals surface area contributed by atoms with Crippen molar-refractivity contribution in [1.82, 2.24) is 4.90 Å². The molecule has 0 bridgehead atoms. The summed E-state index contributed by atoms with van der Waals surface area (Å²) < 4.78 is 0. The Bertz CT molecular complexity index is 287. The van der Waals surface area contributed by atoms with Crippen molar-refractivity contribution >= 4 is 22.9 Å². The zero-order valence-electron chi connectivity index (χ0n) is 7.37. The summed E-state index contributed by atoms with van der Waals surface area (Å²) in [4.78, 5) is 2.36. The molecule has 0 aliphatic carbocycles. The molecule has 1 aliphatic rings. The lowest BCUT2D eigenvalue weighted by Gasteiger charge is -2.13. The lowest BCUT2D eigenvalue weighted by Crippen LogP contribution is -2.26. The summed E-state index contributed by atoms with van der Waals surface area (Å²) in [5.74, 6) is 0. The summed E-state index contributed by atoms with van der Waals surface area (Å²) in [6.45, 7) is 3.07. The van der Waals surface area contributed by atoms with Crippen LogP contribution in [0.5, 0.6) is 0 Å². The Kier molecular flexibility index (Phi) is 2.89. The van der Waals surface area contributed by atoms with E-state index < -0.39 is 0 Å². The highest BCUT2D eigenvalue weighted by molar-refractivity contribution is 7.08. The number of halogens is 1. The second-order valence-corrected chi connectivity index (χ2v) is 4.68. The molecule has 4 heteroatoms. The Balaban J connectivity index is 1.95. The molecule has 1 aromatic heterocycles. The van der Waals surface area contributed by atoms with Gasteiger partial charge in [-0.15, -0.1) is 0 Å². The molecule has 0 amide bonds. The molecule has 0 aromatic carbocycles. The fourth-order valence-electron chi connectivity index (χ4n) is 1.67. The van der Waals surface area contributed by atoms with Crippen molar-refractivity contribution in [2.75, 3.05) is 13.1 Å². The van der Waals surface area contributed by atoms with Gasteiger partial charge < -0.3 is 5.73 Å². The zero-order chi connectivity index (χ0) is 9.26. The van der Waals surface area contributed by atoms with E-state index in [0.717, 1.165) is 31.1 Å². The number of rotatable bonds is 2. The summed E-state index contributed by atoms with van der Waals surface area (Å²) in [5.41, 5.74) is 7.06. The molecule has 1 aliphatic heterocycles. The summed E-state index contributed by atoms with van der Waals surface area (Å²) >= 11 is 7.67. The second-order valence-electron chi connectivity index (χ2n) is 3.53. The van der Waals surface area contributed by atoms with Crippen molar-refractivity contribution in [1.29, 1.82) is 0 Å². The number of thiophene rings is 1. The van der Waals surface area contributed by atoms with Gasteiger partial charge in [0.2, 0.25) is 0 Å². The summed E-state index contributed by atoms with van der Waals surface area (Å²) in [6, 6.07) is 0.359. The van der Waals surface area contributed by atoms with Gasteiger partial charge in [-0.05, 0) is 17.4 Å². The number of hydrogen-bond donors (Lipinski definition) is 1. The van der Waals surface area contributed by atoms with Crippen LogP contribution in [0.1, 0.15) is 12.0 Å². The minimum absolute atomic E-state index is 0.359. The first-order valence-corrected chi connectivity index (χ1v) is 5.76. The average Bonchev–Trinajstić information content (AvgIpc) is 2.64. The largest absolute Gasteiger partial charge is 0.326 e. The summed E-state index contributed by atoms with van der Waals surface area (Å²) in [6.07, 6.45) is 1.11. The van der Waals surface area contributed by atoms with Gasteiger partial charge in [-0.2, -0.15) is 11.3 Å². The van der Waals surface area contributed by atoms with Crippen molar-refractivity contribution in [3.63, 3.8) is 0 Å². The fraction of sp³-hybridized carbons (Fsp3) is 0.556. The van der Waals surface area contributed by atoms with Crippen LogP contribution in [0.15, 0.2) is 10.8 Å². The smallest absolute Gasteiger partial charge is 0.0557 e. The van der Waals surface area contributed by atoms with Crippen LogP contribution in [0.4, 0.5) is 0 Å². The van der Waals surface area contributed by atoms with Gasteiger partial charge in [-0.3, -0.25) is 4.90 Å². The minimum Gasteiger partial charge on any atom is -0.326 e. The highest BCUT2D eigenvalue weighted by Gasteiger charge is 2.19. The van der Waals surface area contributed by atoms with Crippen LogP contribution in [-0.4, -0.2) is 24.0 Å². The van der Waals surface area contributed by atoms with Crippen LogP contribution < -0.4 is 5.73 Å². The molecule has 0 spiro atoms. The van der Waals surface area contributed by atoms with Gasteiger partial charge in [0.1, 0.15) is 0 Å². The van der Waals surface area contributed by atoms with E-state index >= 15 is 0 Å². The molecule has 1 unspecified atom stereocenters. The van der Waals surface area contributed by atoms with Crippen LogP contribution >= 0.6 is 22.9 Å². The van der Waals surface area contributed by atoms with Gasteiger partial charge in [0.05, 0.1) is 5.02 Å². The maximum atomic E-state index is 6.01. The Morgan fingerprint density at radius 3 is 3.00 bits per heavy atom. The molecule has 0 saturated carbocycles. The van der Waals surface area contributed by atoms with E-state index in [0.29, 0.717) is 6.04 Å². The molecule has 1 atom stereocenters. The topological polar surface area (TPSA) is 29.3 Å². The van der Waals surface area contributed by atoms with Gasteiger partial charge in [-0.1, -0.05) is 11.6 Å². The third-order valence-corrected chi connectivity index (χ3v) is 3.66. The Morgan fingerprint density at radius 2 is 2.46 bits per heavy atom. The quantitative estimate of drug-likeness (QED) is 0.819. The number of nitrogens with zero attached hydrogens (tertiary/aromatic N) is 1. The minimum atomic E-state index is 0.359. The lowest BCUT2D eigenvalue weighted by atomic mass is 10.3. The Labute approximate surface area is 87.3 Å². The Morgan fingerprint density at radius 1 is 1.62 bits per heavy atom. The zero-order valence-corrected chi connectivity index (χ0v) is 8.94. The molecule has 1 aromatic rings. The molecule has 1 fully saturated rings. The second kappa shape index (κ2) is 3.96. The molecule has 0 radical (unpaired) electrons. The molecular formula is C9H13ClN2S. The average molecular weight is 217 g/mol. The van der Waals surface area contributed by atoms with E-state index in [9.17, 15) is 0 Å². The van der Waals surface area contributed by atoms with Gasteiger partial charge in [0.15, 0.2) is 0 Å². The first-order chi connectivity index (χ1) is 6.25. The number of hydrogen-bond acceptors (Lipinski definition) is 3. The van der Waals surface area contributed by atoms with E-state index in [1.165, 1.54) is 5.56 Å². The van der Waals surface area contributed by atoms with Crippen LogP contribution in [0.3, 0.4) is 0 Å². The van der Waals surface area contributed by atoms with Crippen LogP contribution in [-0.2, 0) is 6.54 Å². The molecule has 2 N–H and O–H groups in total. The van der Waals surface area contributed by atoms with Gasteiger partial charge in [-0.25, -0.2) is 0 Å². The number of nitrogens with two attached hydrogens (primary N) is 1. The highest BCUT2D eigenvalue weighted by Crippen LogP contribution is 2.23. The van der Waals surface area contributed by atoms with Crippen molar-refractivity contribution in [3.8, 4) is 0 Å². The van der Waals surface area contributed by atoms with E-state index in [-0.39, 0.29) is 0 Å². The molecule has 2 heterocycles. The van der Waals surface area contributed by atoms with E-state index in [1.54, 1.807) is 11.3 Å². The molecular weight excluding hydrogens is 204 g/mol. The van der Waals surface area contributed by atoms with Crippen LogP contribution in [0.2, 0.25) is 5.02 Å². The first kappa shape index (κ1) is 9.46. The van der Waals surface area contributed by atoms with E-state index in [1.807, 2.05) is 5.38 Å². The third-order valence-electron chi connectivity index (χ3n) is 2.39. The maximum absolute atomic E-state index is 6.01. The lowest BCUT2D eigenvalue weighted by molar-refractivity contribution is 0.327. The predicted molar refractivity (Wildman–Crippen MR) is 57.2 cm³/mol. The molecule has 2 rings (SSSR count). The predicted octanol–water partition coefficient (Wildman–Crippen LogP) is 1.93. The molecule has 13 heavy (non-hydrogen) atoms. The van der Waals surface area contributed by atoms with Crippen molar-refractivity contribution in [2.24, 2.45) is 5.73 Å². The first-order valence-electron chi connectivity index (χ1n) is 4.44. The third kappa shape index (κ3) is 2.23. The van der Waals surface area contributed by atoms with Gasteiger partial charge >= 0.3 is 0 Å². The molecule has 72 valence electrons.